The van der Waals surface area contributed by atoms with Crippen LogP contribution in [0.1, 0.15) is 11.1 Å². The SMILES string of the molecule is Cc1ccccc1CC(=O)N1CCN(c2ccc(NS(=O)(=O)c3ccc(Cl)cc3)cc2)CC1. The number of hydrogen-bond acceptors (Lipinski definition) is 4. The second kappa shape index (κ2) is 9.85. The van der Waals surface area contributed by atoms with Crippen LogP contribution in [0.4, 0.5) is 11.4 Å². The Morgan fingerprint density at radius 3 is 2.18 bits per heavy atom. The summed E-state index contributed by atoms with van der Waals surface area (Å²) in [5.74, 6) is 0.149. The molecule has 1 heterocycles. The maximum atomic E-state index is 12.7. The molecule has 172 valence electrons. The van der Waals surface area contributed by atoms with Gasteiger partial charge >= 0.3 is 0 Å². The number of rotatable bonds is 6. The van der Waals surface area contributed by atoms with Gasteiger partial charge in [0.05, 0.1) is 11.3 Å². The van der Waals surface area contributed by atoms with Crippen LogP contribution in [0.2, 0.25) is 5.02 Å². The Hall–Kier alpha value is -3.03. The summed E-state index contributed by atoms with van der Waals surface area (Å²) in [5, 5.41) is 0.482. The van der Waals surface area contributed by atoms with Crippen molar-refractivity contribution in [1.82, 2.24) is 4.90 Å². The van der Waals surface area contributed by atoms with Crippen LogP contribution in [0.3, 0.4) is 0 Å². The summed E-state index contributed by atoms with van der Waals surface area (Å²) in [7, 11) is -3.68. The number of nitrogens with one attached hydrogen (secondary N) is 1. The fraction of sp³-hybridized carbons (Fsp3) is 0.240. The fourth-order valence-electron chi connectivity index (χ4n) is 3.87. The first-order valence-electron chi connectivity index (χ1n) is 10.8. The van der Waals surface area contributed by atoms with Crippen molar-refractivity contribution in [3.05, 3.63) is 88.9 Å². The van der Waals surface area contributed by atoms with Crippen molar-refractivity contribution in [2.75, 3.05) is 35.8 Å². The number of anilines is 2. The predicted molar refractivity (Wildman–Crippen MR) is 132 cm³/mol. The number of benzene rings is 3. The number of halogens is 1. The van der Waals surface area contributed by atoms with Gasteiger partial charge in [0.25, 0.3) is 10.0 Å². The monoisotopic (exact) mass is 483 g/mol. The lowest BCUT2D eigenvalue weighted by atomic mass is 10.1. The van der Waals surface area contributed by atoms with Crippen molar-refractivity contribution < 1.29 is 13.2 Å². The van der Waals surface area contributed by atoms with E-state index in [-0.39, 0.29) is 10.8 Å². The molecule has 0 aromatic heterocycles. The van der Waals surface area contributed by atoms with Gasteiger partial charge in [0.2, 0.25) is 5.91 Å². The quantitative estimate of drug-likeness (QED) is 0.566. The van der Waals surface area contributed by atoms with Crippen LogP contribution in [0.15, 0.2) is 77.7 Å². The molecule has 8 heteroatoms. The van der Waals surface area contributed by atoms with Crippen LogP contribution >= 0.6 is 11.6 Å². The molecule has 1 fully saturated rings. The van der Waals surface area contributed by atoms with Crippen LogP contribution in [-0.2, 0) is 21.2 Å². The molecule has 0 saturated carbocycles. The number of amides is 1. The van der Waals surface area contributed by atoms with Crippen molar-refractivity contribution in [3.63, 3.8) is 0 Å². The highest BCUT2D eigenvalue weighted by atomic mass is 35.5. The summed E-state index contributed by atoms with van der Waals surface area (Å²) >= 11 is 5.84. The van der Waals surface area contributed by atoms with Crippen molar-refractivity contribution in [2.24, 2.45) is 0 Å². The number of sulfonamides is 1. The molecule has 4 rings (SSSR count). The van der Waals surface area contributed by atoms with E-state index in [1.165, 1.54) is 12.1 Å². The van der Waals surface area contributed by atoms with Gasteiger partial charge in [0, 0.05) is 42.6 Å². The molecule has 1 aliphatic rings. The Balaban J connectivity index is 1.33. The highest BCUT2D eigenvalue weighted by molar-refractivity contribution is 7.92. The largest absolute Gasteiger partial charge is 0.368 e. The van der Waals surface area contributed by atoms with Crippen LogP contribution < -0.4 is 9.62 Å². The van der Waals surface area contributed by atoms with Gasteiger partial charge in [-0.15, -0.1) is 0 Å². The topological polar surface area (TPSA) is 69.7 Å². The third kappa shape index (κ3) is 5.67. The third-order valence-corrected chi connectivity index (χ3v) is 7.49. The van der Waals surface area contributed by atoms with E-state index in [4.69, 9.17) is 11.6 Å². The normalized spacial score (nSPS) is 14.2. The summed E-state index contributed by atoms with van der Waals surface area (Å²) in [6, 6.07) is 21.3. The van der Waals surface area contributed by atoms with Crippen molar-refractivity contribution in [3.8, 4) is 0 Å². The molecule has 33 heavy (non-hydrogen) atoms. The van der Waals surface area contributed by atoms with Gasteiger partial charge < -0.3 is 9.80 Å². The first-order chi connectivity index (χ1) is 15.8. The lowest BCUT2D eigenvalue weighted by Crippen LogP contribution is -2.49. The Kier molecular flexibility index (Phi) is 6.91. The van der Waals surface area contributed by atoms with Crippen LogP contribution in [0.25, 0.3) is 0 Å². The average Bonchev–Trinajstić information content (AvgIpc) is 2.81. The van der Waals surface area contributed by atoms with E-state index >= 15 is 0 Å². The van der Waals surface area contributed by atoms with E-state index in [1.807, 2.05) is 48.2 Å². The second-order valence-electron chi connectivity index (χ2n) is 8.08. The molecular formula is C25H26ClN3O3S. The lowest BCUT2D eigenvalue weighted by Gasteiger charge is -2.36. The first-order valence-corrected chi connectivity index (χ1v) is 12.6. The summed E-state index contributed by atoms with van der Waals surface area (Å²) in [4.78, 5) is 17.0. The zero-order valence-electron chi connectivity index (χ0n) is 18.4. The molecule has 0 bridgehead atoms. The minimum atomic E-state index is -3.68. The molecule has 0 unspecified atom stereocenters. The lowest BCUT2D eigenvalue weighted by molar-refractivity contribution is -0.130. The number of nitrogens with zero attached hydrogens (tertiary/aromatic N) is 2. The molecule has 1 N–H and O–H groups in total. The van der Waals surface area contributed by atoms with Crippen LogP contribution in [-0.4, -0.2) is 45.4 Å². The zero-order valence-corrected chi connectivity index (χ0v) is 19.9. The number of carbonyl (C=O) groups excluding carboxylic acids is 1. The fourth-order valence-corrected chi connectivity index (χ4v) is 5.05. The predicted octanol–water partition coefficient (Wildman–Crippen LogP) is 4.34. The highest BCUT2D eigenvalue weighted by Crippen LogP contribution is 2.23. The van der Waals surface area contributed by atoms with Crippen LogP contribution in [0.5, 0.6) is 0 Å². The maximum Gasteiger partial charge on any atom is 0.261 e. The van der Waals surface area contributed by atoms with Crippen molar-refractivity contribution in [2.45, 2.75) is 18.2 Å². The molecule has 1 aliphatic heterocycles. The summed E-state index contributed by atoms with van der Waals surface area (Å²) in [5.41, 5.74) is 3.69. The van der Waals surface area contributed by atoms with Crippen molar-refractivity contribution in [1.29, 1.82) is 0 Å². The molecule has 3 aromatic carbocycles. The summed E-state index contributed by atoms with van der Waals surface area (Å²) in [6.07, 6.45) is 0.426. The Labute approximate surface area is 199 Å². The smallest absolute Gasteiger partial charge is 0.261 e. The van der Waals surface area contributed by atoms with Gasteiger partial charge in [-0.3, -0.25) is 9.52 Å². The standard InChI is InChI=1S/C25H26ClN3O3S/c1-19-4-2-3-5-20(19)18-25(30)29-16-14-28(15-17-29)23-10-8-22(9-11-23)27-33(31,32)24-12-6-21(26)7-13-24/h2-13,27H,14-18H2,1H3. The Morgan fingerprint density at radius 2 is 1.55 bits per heavy atom. The van der Waals surface area contributed by atoms with E-state index in [0.717, 1.165) is 29.9 Å². The van der Waals surface area contributed by atoms with Crippen LogP contribution in [0, 0.1) is 6.92 Å². The van der Waals surface area contributed by atoms with Gasteiger partial charge in [-0.25, -0.2) is 8.42 Å². The summed E-state index contributed by atoms with van der Waals surface area (Å²) in [6.45, 7) is 4.82. The van der Waals surface area contributed by atoms with Gasteiger partial charge in [0.1, 0.15) is 0 Å². The van der Waals surface area contributed by atoms with Gasteiger partial charge in [-0.05, 0) is 66.6 Å². The number of piperazine rings is 1. The van der Waals surface area contributed by atoms with Gasteiger partial charge in [0.15, 0.2) is 0 Å². The molecule has 1 amide bonds. The van der Waals surface area contributed by atoms with E-state index in [0.29, 0.717) is 30.2 Å². The average molecular weight is 484 g/mol. The molecule has 0 spiro atoms. The number of aryl methyl sites for hydroxylation is 1. The minimum Gasteiger partial charge on any atom is -0.368 e. The molecule has 0 radical (unpaired) electrons. The van der Waals surface area contributed by atoms with Gasteiger partial charge in [-0.2, -0.15) is 0 Å². The molecule has 6 nitrogen and oxygen atoms in total. The maximum absolute atomic E-state index is 12.7. The Bertz CT molecular complexity index is 1220. The minimum absolute atomic E-state index is 0.149. The molecule has 0 atom stereocenters. The van der Waals surface area contributed by atoms with Crippen molar-refractivity contribution >= 4 is 38.9 Å². The molecule has 0 aliphatic carbocycles. The molecule has 3 aromatic rings. The van der Waals surface area contributed by atoms with E-state index < -0.39 is 10.0 Å². The van der Waals surface area contributed by atoms with E-state index in [9.17, 15) is 13.2 Å². The number of hydrogen-bond donors (Lipinski definition) is 1. The van der Waals surface area contributed by atoms with E-state index in [1.54, 1.807) is 24.3 Å². The van der Waals surface area contributed by atoms with Gasteiger partial charge in [-0.1, -0.05) is 35.9 Å². The van der Waals surface area contributed by atoms with E-state index in [2.05, 4.69) is 9.62 Å². The number of carbonyl (C=O) groups is 1. The second-order valence-corrected chi connectivity index (χ2v) is 10.2. The zero-order chi connectivity index (χ0) is 23.4. The molecule has 1 saturated heterocycles. The summed E-state index contributed by atoms with van der Waals surface area (Å²) < 4.78 is 27.7. The third-order valence-electron chi connectivity index (χ3n) is 5.84. The Morgan fingerprint density at radius 1 is 0.909 bits per heavy atom. The molecular weight excluding hydrogens is 458 g/mol. The first kappa shape index (κ1) is 23.1. The highest BCUT2D eigenvalue weighted by Gasteiger charge is 2.22.